The third kappa shape index (κ3) is 5.06. The lowest BCUT2D eigenvalue weighted by Crippen LogP contribution is -2.25. The SMILES string of the molecule is COCc1ccc(C(=O)NCc2ccc(Oc3ccccc3)cc2)c(NN)n1. The van der Waals surface area contributed by atoms with Crippen LogP contribution in [0.2, 0.25) is 0 Å². The van der Waals surface area contributed by atoms with Gasteiger partial charge in [0.1, 0.15) is 11.5 Å². The molecule has 2 aromatic carbocycles. The van der Waals surface area contributed by atoms with E-state index in [-0.39, 0.29) is 5.91 Å². The summed E-state index contributed by atoms with van der Waals surface area (Å²) in [4.78, 5) is 16.7. The van der Waals surface area contributed by atoms with Gasteiger partial charge in [0.05, 0.1) is 17.9 Å². The van der Waals surface area contributed by atoms with Gasteiger partial charge in [0.25, 0.3) is 5.91 Å². The smallest absolute Gasteiger partial charge is 0.255 e. The molecular formula is C21H22N4O3. The summed E-state index contributed by atoms with van der Waals surface area (Å²) < 4.78 is 10.8. The van der Waals surface area contributed by atoms with E-state index in [0.717, 1.165) is 17.1 Å². The van der Waals surface area contributed by atoms with Crippen molar-refractivity contribution in [3.8, 4) is 11.5 Å². The molecule has 0 fully saturated rings. The molecule has 0 aliphatic heterocycles. The Hall–Kier alpha value is -3.42. The lowest BCUT2D eigenvalue weighted by Gasteiger charge is -2.11. The zero-order valence-electron chi connectivity index (χ0n) is 15.5. The molecule has 3 aromatic rings. The third-order valence-corrected chi connectivity index (χ3v) is 3.98. The molecular weight excluding hydrogens is 356 g/mol. The molecule has 0 radical (unpaired) electrons. The molecule has 4 N–H and O–H groups in total. The average molecular weight is 378 g/mol. The van der Waals surface area contributed by atoms with Gasteiger partial charge in [0, 0.05) is 13.7 Å². The number of nitrogens with zero attached hydrogens (tertiary/aromatic N) is 1. The van der Waals surface area contributed by atoms with Gasteiger partial charge in [-0.3, -0.25) is 4.79 Å². The Bertz CT molecular complexity index is 915. The molecule has 0 atom stereocenters. The van der Waals surface area contributed by atoms with Crippen LogP contribution in [0.4, 0.5) is 5.82 Å². The first kappa shape index (κ1) is 19.3. The molecule has 1 aromatic heterocycles. The highest BCUT2D eigenvalue weighted by Gasteiger charge is 2.13. The summed E-state index contributed by atoms with van der Waals surface area (Å²) in [6.07, 6.45) is 0. The Morgan fingerprint density at radius 1 is 1.00 bits per heavy atom. The lowest BCUT2D eigenvalue weighted by molar-refractivity contribution is 0.0951. The van der Waals surface area contributed by atoms with Crippen molar-refractivity contribution in [1.82, 2.24) is 10.3 Å². The molecule has 28 heavy (non-hydrogen) atoms. The lowest BCUT2D eigenvalue weighted by atomic mass is 10.2. The second kappa shape index (κ2) is 9.50. The highest BCUT2D eigenvalue weighted by atomic mass is 16.5. The molecule has 1 heterocycles. The zero-order valence-corrected chi connectivity index (χ0v) is 15.5. The highest BCUT2D eigenvalue weighted by Crippen LogP contribution is 2.21. The first-order valence-corrected chi connectivity index (χ1v) is 8.75. The molecule has 7 nitrogen and oxygen atoms in total. The van der Waals surface area contributed by atoms with Crippen LogP contribution in [-0.2, 0) is 17.9 Å². The van der Waals surface area contributed by atoms with Gasteiger partial charge < -0.3 is 20.2 Å². The molecule has 0 unspecified atom stereocenters. The second-order valence-corrected chi connectivity index (χ2v) is 6.02. The number of nitrogen functional groups attached to an aromatic ring is 1. The molecule has 0 aliphatic rings. The fraction of sp³-hybridized carbons (Fsp3) is 0.143. The number of rotatable bonds is 8. The minimum atomic E-state index is -0.269. The van der Waals surface area contributed by atoms with Crippen LogP contribution in [0.1, 0.15) is 21.6 Å². The van der Waals surface area contributed by atoms with Gasteiger partial charge in [-0.1, -0.05) is 30.3 Å². The van der Waals surface area contributed by atoms with Crippen LogP contribution in [0.5, 0.6) is 11.5 Å². The molecule has 1 amide bonds. The number of nitrogens with one attached hydrogen (secondary N) is 2. The topological polar surface area (TPSA) is 98.5 Å². The van der Waals surface area contributed by atoms with E-state index >= 15 is 0 Å². The van der Waals surface area contributed by atoms with Gasteiger partial charge in [0.2, 0.25) is 0 Å². The maximum absolute atomic E-state index is 12.5. The van der Waals surface area contributed by atoms with Crippen LogP contribution in [0.15, 0.2) is 66.7 Å². The van der Waals surface area contributed by atoms with Crippen molar-refractivity contribution in [3.05, 3.63) is 83.6 Å². The third-order valence-electron chi connectivity index (χ3n) is 3.98. The first-order chi connectivity index (χ1) is 13.7. The molecule has 7 heteroatoms. The number of nitrogens with two attached hydrogens (primary N) is 1. The van der Waals surface area contributed by atoms with Gasteiger partial charge >= 0.3 is 0 Å². The van der Waals surface area contributed by atoms with Crippen LogP contribution in [0.25, 0.3) is 0 Å². The molecule has 0 saturated heterocycles. The summed E-state index contributed by atoms with van der Waals surface area (Å²) in [6.45, 7) is 0.711. The summed E-state index contributed by atoms with van der Waals surface area (Å²) in [5.41, 5.74) is 4.45. The van der Waals surface area contributed by atoms with Crippen molar-refractivity contribution >= 4 is 11.7 Å². The van der Waals surface area contributed by atoms with Crippen molar-refractivity contribution in [2.24, 2.45) is 5.84 Å². The quantitative estimate of drug-likeness (QED) is 0.411. The molecule has 3 rings (SSSR count). The molecule has 0 saturated carbocycles. The van der Waals surface area contributed by atoms with Gasteiger partial charge in [0.15, 0.2) is 5.82 Å². The van der Waals surface area contributed by atoms with E-state index in [1.807, 2.05) is 54.6 Å². The number of amides is 1. The summed E-state index contributed by atoms with van der Waals surface area (Å²) in [5, 5.41) is 2.86. The Labute approximate surface area is 163 Å². The van der Waals surface area contributed by atoms with Gasteiger partial charge in [-0.25, -0.2) is 10.8 Å². The number of methoxy groups -OCH3 is 1. The summed E-state index contributed by atoms with van der Waals surface area (Å²) in [5.74, 6) is 7.03. The van der Waals surface area contributed by atoms with Crippen molar-refractivity contribution < 1.29 is 14.3 Å². The number of hydrogen-bond donors (Lipinski definition) is 3. The number of benzene rings is 2. The number of ether oxygens (including phenoxy) is 2. The predicted molar refractivity (Wildman–Crippen MR) is 107 cm³/mol. The zero-order chi connectivity index (χ0) is 19.8. The maximum Gasteiger partial charge on any atom is 0.255 e. The summed E-state index contributed by atoms with van der Waals surface area (Å²) in [6, 6.07) is 20.5. The van der Waals surface area contributed by atoms with Crippen molar-refractivity contribution in [3.63, 3.8) is 0 Å². The highest BCUT2D eigenvalue weighted by molar-refractivity contribution is 5.98. The number of pyridine rings is 1. The Morgan fingerprint density at radius 2 is 1.71 bits per heavy atom. The number of anilines is 1. The largest absolute Gasteiger partial charge is 0.457 e. The number of hydrogen-bond acceptors (Lipinski definition) is 6. The van der Waals surface area contributed by atoms with Gasteiger partial charge in [-0.15, -0.1) is 0 Å². The van der Waals surface area contributed by atoms with E-state index in [9.17, 15) is 4.79 Å². The fourth-order valence-corrected chi connectivity index (χ4v) is 2.60. The Kier molecular flexibility index (Phi) is 6.56. The van der Waals surface area contributed by atoms with Crippen LogP contribution < -0.4 is 21.3 Å². The van der Waals surface area contributed by atoms with Crippen LogP contribution in [0, 0.1) is 0 Å². The summed E-state index contributed by atoms with van der Waals surface area (Å²) >= 11 is 0. The number of carbonyl (C=O) groups excluding carboxylic acids is 1. The van der Waals surface area contributed by atoms with Crippen LogP contribution in [-0.4, -0.2) is 18.0 Å². The number of para-hydroxylation sites is 1. The minimum Gasteiger partial charge on any atom is -0.457 e. The van der Waals surface area contributed by atoms with Gasteiger partial charge in [-0.05, 0) is 42.0 Å². The number of aromatic nitrogens is 1. The maximum atomic E-state index is 12.5. The Morgan fingerprint density at radius 3 is 2.39 bits per heavy atom. The first-order valence-electron chi connectivity index (χ1n) is 8.75. The van der Waals surface area contributed by atoms with E-state index in [1.54, 1.807) is 19.2 Å². The normalized spacial score (nSPS) is 10.4. The predicted octanol–water partition coefficient (Wildman–Crippen LogP) is 3.24. The average Bonchev–Trinajstić information content (AvgIpc) is 2.74. The summed E-state index contributed by atoms with van der Waals surface area (Å²) in [7, 11) is 1.58. The van der Waals surface area contributed by atoms with Crippen molar-refractivity contribution in [1.29, 1.82) is 0 Å². The van der Waals surface area contributed by atoms with Crippen molar-refractivity contribution in [2.45, 2.75) is 13.2 Å². The number of hydrazine groups is 1. The standard InChI is InChI=1S/C21H22N4O3/c1-27-14-16-9-12-19(20(24-16)25-22)21(26)23-13-15-7-10-18(11-8-15)28-17-5-3-2-4-6-17/h2-12H,13-14,22H2,1H3,(H,23,26)(H,24,25). The molecule has 0 spiro atoms. The minimum absolute atomic E-state index is 0.269. The van der Waals surface area contributed by atoms with E-state index in [2.05, 4.69) is 15.7 Å². The number of carbonyl (C=O) groups is 1. The van der Waals surface area contributed by atoms with Crippen molar-refractivity contribution in [2.75, 3.05) is 12.5 Å². The van der Waals surface area contributed by atoms with Crippen LogP contribution in [0.3, 0.4) is 0 Å². The molecule has 144 valence electrons. The van der Waals surface area contributed by atoms with E-state index in [0.29, 0.717) is 30.2 Å². The van der Waals surface area contributed by atoms with Gasteiger partial charge in [-0.2, -0.15) is 0 Å². The van der Waals surface area contributed by atoms with E-state index in [1.165, 1.54) is 0 Å². The Balaban J connectivity index is 1.60. The van der Waals surface area contributed by atoms with E-state index < -0.39 is 0 Å². The van der Waals surface area contributed by atoms with Crippen LogP contribution >= 0.6 is 0 Å². The molecule has 0 bridgehead atoms. The fourth-order valence-electron chi connectivity index (χ4n) is 2.60. The monoisotopic (exact) mass is 378 g/mol. The molecule has 0 aliphatic carbocycles. The van der Waals surface area contributed by atoms with E-state index in [4.69, 9.17) is 15.3 Å². The second-order valence-electron chi connectivity index (χ2n) is 6.02.